The normalized spacial score (nSPS) is 11.4. The smallest absolute Gasteiger partial charge is 0.268 e. The van der Waals surface area contributed by atoms with Gasteiger partial charge < -0.3 is 8.94 Å². The van der Waals surface area contributed by atoms with Crippen LogP contribution in [0, 0.1) is 13.8 Å². The van der Waals surface area contributed by atoms with Gasteiger partial charge >= 0.3 is 0 Å². The van der Waals surface area contributed by atoms with Crippen molar-refractivity contribution in [2.45, 2.75) is 24.8 Å². The van der Waals surface area contributed by atoms with E-state index in [4.69, 9.17) is 13.9 Å². The average Bonchev–Trinajstić information content (AvgIpc) is 3.48. The van der Waals surface area contributed by atoms with E-state index in [-0.39, 0.29) is 5.56 Å². The second-order valence-corrected chi connectivity index (χ2v) is 8.57. The van der Waals surface area contributed by atoms with E-state index in [9.17, 15) is 4.79 Å². The van der Waals surface area contributed by atoms with Crippen LogP contribution >= 0.6 is 23.1 Å². The fraction of sp³-hybridized carbons (Fsp3) is 0.136. The van der Waals surface area contributed by atoms with Gasteiger partial charge in [-0.15, -0.1) is 11.3 Å². The van der Waals surface area contributed by atoms with Crippen molar-refractivity contribution >= 4 is 33.3 Å². The maximum absolute atomic E-state index is 13.7. The number of thioether (sulfide) groups is 1. The summed E-state index contributed by atoms with van der Waals surface area (Å²) in [7, 11) is 0. The van der Waals surface area contributed by atoms with Crippen LogP contribution in [0.1, 0.15) is 17.0 Å². The SMILES string of the molecule is Cc1noc(C)c1CSc1nc2scc(-c3ccco3)c2c(=O)n1-c1ccccc1. The highest BCUT2D eigenvalue weighted by molar-refractivity contribution is 7.98. The molecule has 6 nitrogen and oxygen atoms in total. The number of rotatable bonds is 5. The molecule has 1 aromatic carbocycles. The number of nitrogens with zero attached hydrogens (tertiary/aromatic N) is 3. The molecule has 0 aliphatic heterocycles. The standard InChI is InChI=1S/C22H17N3O3S2/c1-13-16(14(2)28-24-13)11-30-22-23-20-19(17(12-29-20)18-9-6-10-27-18)21(26)25(22)15-7-4-3-5-8-15/h3-10,12H,11H2,1-2H3. The van der Waals surface area contributed by atoms with Crippen molar-refractivity contribution in [1.29, 1.82) is 0 Å². The van der Waals surface area contributed by atoms with Gasteiger partial charge in [-0.25, -0.2) is 4.98 Å². The summed E-state index contributed by atoms with van der Waals surface area (Å²) in [6, 6.07) is 13.2. The van der Waals surface area contributed by atoms with E-state index in [1.54, 1.807) is 10.8 Å². The van der Waals surface area contributed by atoms with Crippen LogP contribution < -0.4 is 5.56 Å². The molecule has 0 saturated heterocycles. The second-order valence-electron chi connectivity index (χ2n) is 6.77. The first-order valence-corrected chi connectivity index (χ1v) is 11.2. The minimum atomic E-state index is -0.111. The van der Waals surface area contributed by atoms with Gasteiger partial charge in [0.1, 0.15) is 16.4 Å². The zero-order valence-corrected chi connectivity index (χ0v) is 17.9. The lowest BCUT2D eigenvalue weighted by atomic mass is 10.2. The first-order chi connectivity index (χ1) is 14.6. The van der Waals surface area contributed by atoms with E-state index < -0.39 is 0 Å². The zero-order chi connectivity index (χ0) is 20.7. The highest BCUT2D eigenvalue weighted by Gasteiger charge is 2.20. The minimum absolute atomic E-state index is 0.111. The van der Waals surface area contributed by atoms with Crippen molar-refractivity contribution in [2.75, 3.05) is 0 Å². The van der Waals surface area contributed by atoms with Crippen LogP contribution in [0.4, 0.5) is 0 Å². The predicted octanol–water partition coefficient (Wildman–Crippen LogP) is 5.60. The summed E-state index contributed by atoms with van der Waals surface area (Å²) in [6.45, 7) is 3.81. The summed E-state index contributed by atoms with van der Waals surface area (Å²) >= 11 is 2.94. The molecule has 0 aliphatic rings. The minimum Gasteiger partial charge on any atom is -0.464 e. The number of para-hydroxylation sites is 1. The number of thiophene rings is 1. The molecule has 0 spiro atoms. The second kappa shape index (κ2) is 7.62. The maximum atomic E-state index is 13.7. The Morgan fingerprint density at radius 1 is 1.13 bits per heavy atom. The van der Waals surface area contributed by atoms with E-state index in [1.165, 1.54) is 23.1 Å². The summed E-state index contributed by atoms with van der Waals surface area (Å²) in [6.07, 6.45) is 1.61. The van der Waals surface area contributed by atoms with Crippen LogP contribution in [0.3, 0.4) is 0 Å². The largest absolute Gasteiger partial charge is 0.464 e. The number of fused-ring (bicyclic) bond motifs is 1. The molecule has 8 heteroatoms. The van der Waals surface area contributed by atoms with Gasteiger partial charge in [0, 0.05) is 22.3 Å². The number of hydrogen-bond acceptors (Lipinski definition) is 7. The summed E-state index contributed by atoms with van der Waals surface area (Å²) in [5, 5.41) is 7.15. The van der Waals surface area contributed by atoms with Gasteiger partial charge in [0.2, 0.25) is 0 Å². The van der Waals surface area contributed by atoms with Crippen LogP contribution in [0.15, 0.2) is 73.0 Å². The van der Waals surface area contributed by atoms with Crippen molar-refractivity contribution in [1.82, 2.24) is 14.7 Å². The summed E-state index contributed by atoms with van der Waals surface area (Å²) in [5.41, 5.74) is 3.31. The van der Waals surface area contributed by atoms with Crippen molar-refractivity contribution in [3.63, 3.8) is 0 Å². The highest BCUT2D eigenvalue weighted by Crippen LogP contribution is 2.34. The fourth-order valence-corrected chi connectivity index (χ4v) is 5.47. The number of furan rings is 1. The van der Waals surface area contributed by atoms with E-state index in [0.717, 1.165) is 28.3 Å². The van der Waals surface area contributed by atoms with E-state index in [1.807, 2.05) is 61.7 Å². The first-order valence-electron chi connectivity index (χ1n) is 9.31. The summed E-state index contributed by atoms with van der Waals surface area (Å²) in [4.78, 5) is 19.2. The Kier molecular flexibility index (Phi) is 4.80. The summed E-state index contributed by atoms with van der Waals surface area (Å²) < 4.78 is 12.5. The predicted molar refractivity (Wildman–Crippen MR) is 118 cm³/mol. The lowest BCUT2D eigenvalue weighted by Crippen LogP contribution is -2.21. The van der Waals surface area contributed by atoms with Crippen LogP contribution in [0.2, 0.25) is 0 Å². The molecule has 5 rings (SSSR count). The molecule has 0 fully saturated rings. The number of hydrogen-bond donors (Lipinski definition) is 0. The lowest BCUT2D eigenvalue weighted by Gasteiger charge is -2.12. The van der Waals surface area contributed by atoms with E-state index in [0.29, 0.717) is 26.9 Å². The first kappa shape index (κ1) is 18.9. The molecule has 4 aromatic heterocycles. The van der Waals surface area contributed by atoms with Crippen molar-refractivity contribution < 1.29 is 8.94 Å². The number of aromatic nitrogens is 3. The zero-order valence-electron chi connectivity index (χ0n) is 16.3. The Bertz CT molecular complexity index is 1360. The molecule has 0 bridgehead atoms. The average molecular weight is 436 g/mol. The Hall–Kier alpha value is -3.10. The third-order valence-electron chi connectivity index (χ3n) is 4.90. The van der Waals surface area contributed by atoms with Gasteiger partial charge in [-0.2, -0.15) is 0 Å². The molecule has 0 atom stereocenters. The topological polar surface area (TPSA) is 74.1 Å². The van der Waals surface area contributed by atoms with Crippen LogP contribution in [0.25, 0.3) is 27.2 Å². The van der Waals surface area contributed by atoms with Gasteiger partial charge in [0.25, 0.3) is 5.56 Å². The number of benzene rings is 1. The lowest BCUT2D eigenvalue weighted by molar-refractivity contribution is 0.392. The molecule has 150 valence electrons. The number of aryl methyl sites for hydroxylation is 2. The molecular weight excluding hydrogens is 418 g/mol. The van der Waals surface area contributed by atoms with Crippen LogP contribution in [-0.4, -0.2) is 14.7 Å². The van der Waals surface area contributed by atoms with E-state index in [2.05, 4.69) is 5.16 Å². The Morgan fingerprint density at radius 2 is 1.97 bits per heavy atom. The van der Waals surface area contributed by atoms with Gasteiger partial charge in [-0.1, -0.05) is 35.1 Å². The summed E-state index contributed by atoms with van der Waals surface area (Å²) in [5.74, 6) is 2.06. The molecular formula is C22H17N3O3S2. The van der Waals surface area contributed by atoms with Gasteiger partial charge in [-0.3, -0.25) is 9.36 Å². The molecule has 0 aliphatic carbocycles. The molecule has 0 amide bonds. The quantitative estimate of drug-likeness (QED) is 0.264. The van der Waals surface area contributed by atoms with Crippen molar-refractivity contribution in [3.8, 4) is 17.0 Å². The van der Waals surface area contributed by atoms with Gasteiger partial charge in [-0.05, 0) is 38.1 Å². The van der Waals surface area contributed by atoms with E-state index >= 15 is 0 Å². The van der Waals surface area contributed by atoms with Gasteiger partial charge in [0.05, 0.1) is 23.0 Å². The maximum Gasteiger partial charge on any atom is 0.268 e. The Balaban J connectivity index is 1.69. The molecule has 4 heterocycles. The third kappa shape index (κ3) is 3.18. The molecule has 0 radical (unpaired) electrons. The Labute approximate surface area is 180 Å². The molecule has 0 N–H and O–H groups in total. The Morgan fingerprint density at radius 3 is 2.67 bits per heavy atom. The van der Waals surface area contributed by atoms with Crippen molar-refractivity contribution in [3.05, 3.63) is 81.5 Å². The molecule has 5 aromatic rings. The highest BCUT2D eigenvalue weighted by atomic mass is 32.2. The molecule has 30 heavy (non-hydrogen) atoms. The monoisotopic (exact) mass is 435 g/mol. The molecule has 0 unspecified atom stereocenters. The van der Waals surface area contributed by atoms with Crippen molar-refractivity contribution in [2.24, 2.45) is 0 Å². The molecule has 0 saturated carbocycles. The van der Waals surface area contributed by atoms with Gasteiger partial charge in [0.15, 0.2) is 5.16 Å². The fourth-order valence-electron chi connectivity index (χ4n) is 3.33. The third-order valence-corrected chi connectivity index (χ3v) is 6.74. The van der Waals surface area contributed by atoms with Crippen LogP contribution in [-0.2, 0) is 5.75 Å². The van der Waals surface area contributed by atoms with Crippen LogP contribution in [0.5, 0.6) is 0 Å².